The van der Waals surface area contributed by atoms with Crippen molar-refractivity contribution in [1.82, 2.24) is 20.4 Å². The molecule has 0 radical (unpaired) electrons. The van der Waals surface area contributed by atoms with Crippen LogP contribution < -0.4 is 16.0 Å². The second-order valence-corrected chi connectivity index (χ2v) is 11.5. The summed E-state index contributed by atoms with van der Waals surface area (Å²) >= 11 is 0. The minimum absolute atomic E-state index is 0.0148. The van der Waals surface area contributed by atoms with E-state index >= 15 is 4.39 Å². The number of amides is 2. The number of anilines is 1. The van der Waals surface area contributed by atoms with Crippen molar-refractivity contribution in [2.24, 2.45) is 5.92 Å². The van der Waals surface area contributed by atoms with Crippen molar-refractivity contribution in [3.63, 3.8) is 0 Å². The fourth-order valence-electron chi connectivity index (χ4n) is 5.00. The fourth-order valence-corrected chi connectivity index (χ4v) is 5.00. The molecule has 9 nitrogen and oxygen atoms in total. The van der Waals surface area contributed by atoms with Gasteiger partial charge in [0, 0.05) is 12.6 Å². The molecule has 1 atom stereocenters. The Morgan fingerprint density at radius 1 is 1.06 bits per heavy atom. The van der Waals surface area contributed by atoms with Crippen LogP contribution in [0.5, 0.6) is 0 Å². The molecule has 3 aromatic carbocycles. The summed E-state index contributed by atoms with van der Waals surface area (Å²) in [4.78, 5) is 25.5. The normalized spacial score (nSPS) is 13.4. The van der Waals surface area contributed by atoms with E-state index in [9.17, 15) is 28.0 Å². The van der Waals surface area contributed by atoms with Crippen LogP contribution in [0.1, 0.15) is 77.1 Å². The fraction of sp³-hybridized carbons (Fsp3) is 0.314. The summed E-state index contributed by atoms with van der Waals surface area (Å²) in [5.41, 5.74) is 0.514. The van der Waals surface area contributed by atoms with E-state index in [1.807, 2.05) is 6.92 Å². The summed E-state index contributed by atoms with van der Waals surface area (Å²) in [5.74, 6) is -1.28. The number of hydrogen-bond acceptors (Lipinski definition) is 6. The molecule has 1 unspecified atom stereocenters. The summed E-state index contributed by atoms with van der Waals surface area (Å²) in [6.07, 6.45) is -1.76. The lowest BCUT2D eigenvalue weighted by atomic mass is 9.97. The van der Waals surface area contributed by atoms with Gasteiger partial charge in [0.05, 0.1) is 35.7 Å². The Hall–Kier alpha value is -5.22. The van der Waals surface area contributed by atoms with Gasteiger partial charge in [-0.1, -0.05) is 43.7 Å². The third kappa shape index (κ3) is 8.77. The van der Waals surface area contributed by atoms with E-state index in [0.717, 1.165) is 29.5 Å². The summed E-state index contributed by atoms with van der Waals surface area (Å²) in [6.45, 7) is 2.93. The van der Waals surface area contributed by atoms with E-state index < -0.39 is 41.4 Å². The van der Waals surface area contributed by atoms with Crippen LogP contribution in [0.25, 0.3) is 5.69 Å². The number of alkyl carbamates (subject to hydrolysis) is 1. The number of rotatable bonds is 13. The number of carbonyl (C=O) groups excluding carboxylic acids is 2. The van der Waals surface area contributed by atoms with Crippen molar-refractivity contribution < 1.29 is 31.9 Å². The number of hydrogen-bond donors (Lipinski definition) is 3. The smallest absolute Gasteiger partial charge is 0.435 e. The largest absolute Gasteiger partial charge is 0.450 e. The molecule has 1 saturated carbocycles. The van der Waals surface area contributed by atoms with Crippen molar-refractivity contribution in [2.75, 3.05) is 18.5 Å². The molecular weight excluding hydrogens is 628 g/mol. The molecule has 1 fully saturated rings. The lowest BCUT2D eigenvalue weighted by Crippen LogP contribution is -2.25. The van der Waals surface area contributed by atoms with Crippen LogP contribution in [-0.4, -0.2) is 34.9 Å². The SMILES string of the molecule is CCCCOC(=O)NCc1cccc(-n2nc(C(F)(F)F)cc2C(=O)Nc2cc(C(NCC3CC3)c3ccc(C#N)cc3)ccc2F)c1. The summed E-state index contributed by atoms with van der Waals surface area (Å²) in [5, 5.41) is 21.4. The van der Waals surface area contributed by atoms with Gasteiger partial charge in [0.25, 0.3) is 5.91 Å². The second kappa shape index (κ2) is 15.1. The number of ether oxygens (including phenoxy) is 1. The minimum atomic E-state index is -4.87. The van der Waals surface area contributed by atoms with Crippen molar-refractivity contribution in [1.29, 1.82) is 5.26 Å². The summed E-state index contributed by atoms with van der Waals surface area (Å²) in [6, 6.07) is 19.5. The molecule has 0 spiro atoms. The van der Waals surface area contributed by atoms with E-state index in [4.69, 9.17) is 4.74 Å². The highest BCUT2D eigenvalue weighted by Crippen LogP contribution is 2.33. The zero-order valence-electron chi connectivity index (χ0n) is 26.1. The molecule has 3 N–H and O–H groups in total. The van der Waals surface area contributed by atoms with E-state index in [1.54, 1.807) is 42.5 Å². The Morgan fingerprint density at radius 2 is 1.81 bits per heavy atom. The molecule has 2 amide bonds. The first-order chi connectivity index (χ1) is 23.0. The van der Waals surface area contributed by atoms with Gasteiger partial charge in [0.15, 0.2) is 5.69 Å². The van der Waals surface area contributed by atoms with Gasteiger partial charge in [-0.15, -0.1) is 0 Å². The molecule has 1 aliphatic rings. The van der Waals surface area contributed by atoms with Gasteiger partial charge in [-0.3, -0.25) is 4.79 Å². The molecule has 5 rings (SSSR count). The molecule has 1 aliphatic carbocycles. The first-order valence-corrected chi connectivity index (χ1v) is 15.6. The third-order valence-corrected chi connectivity index (χ3v) is 7.81. The number of benzene rings is 3. The Kier molecular flexibility index (Phi) is 10.8. The van der Waals surface area contributed by atoms with Gasteiger partial charge in [-0.2, -0.15) is 23.5 Å². The number of carbonyl (C=O) groups is 2. The molecule has 0 aliphatic heterocycles. The number of aromatic nitrogens is 2. The quantitative estimate of drug-likeness (QED) is 0.102. The Morgan fingerprint density at radius 3 is 2.50 bits per heavy atom. The van der Waals surface area contributed by atoms with E-state index in [2.05, 4.69) is 27.1 Å². The maximum absolute atomic E-state index is 15.1. The maximum atomic E-state index is 15.1. The van der Waals surface area contributed by atoms with Crippen molar-refractivity contribution >= 4 is 17.7 Å². The lowest BCUT2D eigenvalue weighted by molar-refractivity contribution is -0.141. The molecule has 48 heavy (non-hydrogen) atoms. The first kappa shape index (κ1) is 34.1. The summed E-state index contributed by atoms with van der Waals surface area (Å²) in [7, 11) is 0. The van der Waals surface area contributed by atoms with Gasteiger partial charge >= 0.3 is 12.3 Å². The van der Waals surface area contributed by atoms with Crippen LogP contribution in [0.2, 0.25) is 0 Å². The Bertz CT molecular complexity index is 1800. The van der Waals surface area contributed by atoms with E-state index in [1.165, 1.54) is 24.3 Å². The molecule has 0 saturated heterocycles. The van der Waals surface area contributed by atoms with Gasteiger partial charge < -0.3 is 20.7 Å². The number of nitrogens with one attached hydrogen (secondary N) is 3. The highest BCUT2D eigenvalue weighted by Gasteiger charge is 2.36. The topological polar surface area (TPSA) is 121 Å². The Balaban J connectivity index is 1.41. The molecule has 1 heterocycles. The van der Waals surface area contributed by atoms with Crippen LogP contribution in [0, 0.1) is 23.1 Å². The molecule has 4 aromatic rings. The Labute approximate surface area is 274 Å². The average Bonchev–Trinajstić information content (AvgIpc) is 3.79. The highest BCUT2D eigenvalue weighted by molar-refractivity contribution is 6.03. The van der Waals surface area contributed by atoms with Crippen LogP contribution in [0.4, 0.5) is 28.0 Å². The van der Waals surface area contributed by atoms with Gasteiger partial charge in [0.2, 0.25) is 0 Å². The van der Waals surface area contributed by atoms with Gasteiger partial charge in [-0.25, -0.2) is 13.9 Å². The number of nitriles is 1. The van der Waals surface area contributed by atoms with Gasteiger partial charge in [-0.05, 0) is 84.8 Å². The van der Waals surface area contributed by atoms with Gasteiger partial charge in [0.1, 0.15) is 11.5 Å². The third-order valence-electron chi connectivity index (χ3n) is 7.81. The monoisotopic (exact) mass is 662 g/mol. The zero-order chi connectivity index (χ0) is 34.3. The van der Waals surface area contributed by atoms with E-state index in [0.29, 0.717) is 41.6 Å². The van der Waals surface area contributed by atoms with Crippen molar-refractivity contribution in [3.05, 3.63) is 112 Å². The first-order valence-electron chi connectivity index (χ1n) is 15.6. The highest BCUT2D eigenvalue weighted by atomic mass is 19.4. The van der Waals surface area contributed by atoms with Crippen LogP contribution in [0.3, 0.4) is 0 Å². The molecule has 13 heteroatoms. The lowest BCUT2D eigenvalue weighted by Gasteiger charge is -2.21. The second-order valence-electron chi connectivity index (χ2n) is 11.5. The van der Waals surface area contributed by atoms with Crippen molar-refractivity contribution in [3.8, 4) is 11.8 Å². The standard InChI is InChI=1S/C35H34F4N6O3/c1-2-3-15-48-34(47)42-21-24-5-4-6-27(16-24)45-30(18-31(44-45)35(37,38)39)33(46)43-29-17-26(13-14-28(29)36)32(41-20-23-7-8-23)25-11-9-22(19-40)10-12-25/h4-6,9-14,16-18,23,32,41H,2-3,7-8,15,20-21H2,1H3,(H,42,47)(H,43,46). The number of unbranched alkanes of at least 4 members (excludes halogenated alkanes) is 1. The summed E-state index contributed by atoms with van der Waals surface area (Å²) < 4.78 is 62.4. The predicted octanol–water partition coefficient (Wildman–Crippen LogP) is 7.27. The van der Waals surface area contributed by atoms with E-state index in [-0.39, 0.29) is 24.5 Å². The zero-order valence-corrected chi connectivity index (χ0v) is 26.1. The number of halogens is 4. The molecular formula is C35H34F4N6O3. The molecule has 0 bridgehead atoms. The van der Waals surface area contributed by atoms with Crippen LogP contribution in [0.15, 0.2) is 72.8 Å². The number of alkyl halides is 3. The van der Waals surface area contributed by atoms with Crippen molar-refractivity contribution in [2.45, 2.75) is 51.4 Å². The molecule has 1 aromatic heterocycles. The average molecular weight is 663 g/mol. The van der Waals surface area contributed by atoms with Crippen LogP contribution >= 0.6 is 0 Å². The maximum Gasteiger partial charge on any atom is 0.435 e. The number of nitrogens with zero attached hydrogens (tertiary/aromatic N) is 3. The molecule has 250 valence electrons. The van der Waals surface area contributed by atoms with Crippen LogP contribution in [-0.2, 0) is 17.5 Å². The minimum Gasteiger partial charge on any atom is -0.450 e. The predicted molar refractivity (Wildman–Crippen MR) is 170 cm³/mol.